The van der Waals surface area contributed by atoms with Crippen molar-refractivity contribution in [3.8, 4) is 5.69 Å². The van der Waals surface area contributed by atoms with Gasteiger partial charge in [0.1, 0.15) is 5.82 Å². The summed E-state index contributed by atoms with van der Waals surface area (Å²) in [6.07, 6.45) is 2.20. The van der Waals surface area contributed by atoms with E-state index in [1.54, 1.807) is 16.8 Å². The lowest BCUT2D eigenvalue weighted by molar-refractivity contribution is 0.0696. The van der Waals surface area contributed by atoms with Crippen molar-refractivity contribution in [3.63, 3.8) is 0 Å². The number of benzene rings is 1. The quantitative estimate of drug-likeness (QED) is 0.924. The molecule has 0 aliphatic carbocycles. The van der Waals surface area contributed by atoms with E-state index in [0.717, 1.165) is 0 Å². The fourth-order valence-electron chi connectivity index (χ4n) is 1.90. The molecule has 1 aromatic carbocycles. The van der Waals surface area contributed by atoms with Gasteiger partial charge in [-0.2, -0.15) is 0 Å². The molecule has 0 unspecified atom stereocenters. The van der Waals surface area contributed by atoms with Gasteiger partial charge in [0.2, 0.25) is 0 Å². The Morgan fingerprint density at radius 2 is 2.17 bits per heavy atom. The molecule has 0 amide bonds. The van der Waals surface area contributed by atoms with Crippen molar-refractivity contribution >= 4 is 17.6 Å². The molecule has 2 aromatic rings. The molecule has 94 valence electrons. The van der Waals surface area contributed by atoms with Crippen molar-refractivity contribution in [1.29, 1.82) is 0 Å². The highest BCUT2D eigenvalue weighted by Gasteiger charge is 2.14. The summed E-state index contributed by atoms with van der Waals surface area (Å²) in [5.74, 6) is -1.47. The molecule has 0 radical (unpaired) electrons. The van der Waals surface area contributed by atoms with Crippen molar-refractivity contribution in [2.75, 3.05) is 0 Å². The van der Waals surface area contributed by atoms with Crippen LogP contribution in [0.15, 0.2) is 30.5 Å². The number of hydrogen-bond donors (Lipinski definition) is 1. The Labute approximate surface area is 108 Å². The molecule has 3 nitrogen and oxygen atoms in total. The zero-order chi connectivity index (χ0) is 13.3. The first kappa shape index (κ1) is 12.6. The van der Waals surface area contributed by atoms with Gasteiger partial charge in [-0.3, -0.25) is 0 Å². The SMILES string of the molecule is CCc1c(C(=O)O)ccn1-c1ccc(F)c(Cl)c1. The van der Waals surface area contributed by atoms with Gasteiger partial charge in [0.05, 0.1) is 10.6 Å². The number of rotatable bonds is 3. The maximum Gasteiger partial charge on any atom is 0.337 e. The Balaban J connectivity index is 2.57. The molecule has 0 aliphatic heterocycles. The number of carboxylic acids is 1. The van der Waals surface area contributed by atoms with Crippen LogP contribution in [0.1, 0.15) is 23.0 Å². The lowest BCUT2D eigenvalue weighted by atomic mass is 10.2. The molecule has 1 N–H and O–H groups in total. The highest BCUT2D eigenvalue weighted by Crippen LogP contribution is 2.22. The fraction of sp³-hybridized carbons (Fsp3) is 0.154. The normalized spacial score (nSPS) is 10.6. The monoisotopic (exact) mass is 267 g/mol. The van der Waals surface area contributed by atoms with Crippen LogP contribution in [-0.4, -0.2) is 15.6 Å². The first-order chi connectivity index (χ1) is 8.54. The van der Waals surface area contributed by atoms with E-state index >= 15 is 0 Å². The van der Waals surface area contributed by atoms with Crippen molar-refractivity contribution in [1.82, 2.24) is 4.57 Å². The minimum absolute atomic E-state index is 0.0140. The van der Waals surface area contributed by atoms with Crippen LogP contribution < -0.4 is 0 Å². The van der Waals surface area contributed by atoms with Crippen LogP contribution in [0.2, 0.25) is 5.02 Å². The standard InChI is InChI=1S/C13H11ClFNO2/c1-2-12-9(13(17)18)5-6-16(12)8-3-4-11(15)10(14)7-8/h3-7H,2H2,1H3,(H,17,18). The molecular formula is C13H11ClFNO2. The summed E-state index contributed by atoms with van der Waals surface area (Å²) in [5, 5.41) is 9.07. The zero-order valence-corrected chi connectivity index (χ0v) is 10.4. The van der Waals surface area contributed by atoms with E-state index in [1.165, 1.54) is 18.2 Å². The summed E-state index contributed by atoms with van der Waals surface area (Å²) in [5.41, 5.74) is 1.55. The van der Waals surface area contributed by atoms with Crippen LogP contribution in [-0.2, 0) is 6.42 Å². The predicted octanol–water partition coefficient (Wildman–Crippen LogP) is 3.53. The molecule has 0 aliphatic rings. The van der Waals surface area contributed by atoms with E-state index < -0.39 is 11.8 Å². The molecule has 0 saturated carbocycles. The number of aromatic carboxylic acids is 1. The van der Waals surface area contributed by atoms with Gasteiger partial charge in [0.25, 0.3) is 0 Å². The molecule has 0 spiro atoms. The van der Waals surface area contributed by atoms with Crippen molar-refractivity contribution < 1.29 is 14.3 Å². The van der Waals surface area contributed by atoms with Gasteiger partial charge in [-0.1, -0.05) is 18.5 Å². The zero-order valence-electron chi connectivity index (χ0n) is 9.65. The van der Waals surface area contributed by atoms with Gasteiger partial charge in [-0.05, 0) is 30.7 Å². The summed E-state index contributed by atoms with van der Waals surface area (Å²) >= 11 is 5.72. The molecule has 2 rings (SSSR count). The summed E-state index contributed by atoms with van der Waals surface area (Å²) < 4.78 is 14.8. The highest BCUT2D eigenvalue weighted by atomic mass is 35.5. The second-order valence-corrected chi connectivity index (χ2v) is 4.21. The first-order valence-electron chi connectivity index (χ1n) is 5.43. The molecule has 1 aromatic heterocycles. The van der Waals surface area contributed by atoms with E-state index in [2.05, 4.69) is 0 Å². The second kappa shape index (κ2) is 4.82. The molecule has 18 heavy (non-hydrogen) atoms. The van der Waals surface area contributed by atoms with E-state index in [0.29, 0.717) is 17.8 Å². The average molecular weight is 268 g/mol. The molecule has 0 bridgehead atoms. The number of hydrogen-bond acceptors (Lipinski definition) is 1. The van der Waals surface area contributed by atoms with Gasteiger partial charge in [-0.15, -0.1) is 0 Å². The maximum absolute atomic E-state index is 13.1. The third-order valence-electron chi connectivity index (χ3n) is 2.74. The van der Waals surface area contributed by atoms with Crippen LogP contribution in [0.4, 0.5) is 4.39 Å². The van der Waals surface area contributed by atoms with E-state index in [9.17, 15) is 9.18 Å². The lowest BCUT2D eigenvalue weighted by Gasteiger charge is -2.09. The molecule has 0 saturated heterocycles. The van der Waals surface area contributed by atoms with Gasteiger partial charge >= 0.3 is 5.97 Å². The van der Waals surface area contributed by atoms with Crippen molar-refractivity contribution in [2.45, 2.75) is 13.3 Å². The third kappa shape index (κ3) is 2.11. The largest absolute Gasteiger partial charge is 0.478 e. The molecule has 0 atom stereocenters. The maximum atomic E-state index is 13.1. The Kier molecular flexibility index (Phi) is 3.39. The summed E-state index contributed by atoms with van der Waals surface area (Å²) in [7, 11) is 0. The number of carbonyl (C=O) groups is 1. The molecular weight excluding hydrogens is 257 g/mol. The van der Waals surface area contributed by atoms with E-state index in [4.69, 9.17) is 16.7 Å². The second-order valence-electron chi connectivity index (χ2n) is 3.80. The summed E-state index contributed by atoms with van der Waals surface area (Å²) in [6.45, 7) is 1.86. The number of carboxylic acid groups (broad SMARTS) is 1. The minimum Gasteiger partial charge on any atom is -0.478 e. The number of nitrogens with zero attached hydrogens (tertiary/aromatic N) is 1. The van der Waals surface area contributed by atoms with Gasteiger partial charge in [0.15, 0.2) is 0 Å². The topological polar surface area (TPSA) is 42.2 Å². The van der Waals surface area contributed by atoms with Crippen LogP contribution in [0.25, 0.3) is 5.69 Å². The Morgan fingerprint density at radius 1 is 1.44 bits per heavy atom. The van der Waals surface area contributed by atoms with Crippen LogP contribution in [0.3, 0.4) is 0 Å². The summed E-state index contributed by atoms with van der Waals surface area (Å²) in [4.78, 5) is 11.0. The Morgan fingerprint density at radius 3 is 2.72 bits per heavy atom. The first-order valence-corrected chi connectivity index (χ1v) is 5.81. The number of aromatic nitrogens is 1. The van der Waals surface area contributed by atoms with Gasteiger partial charge in [-0.25, -0.2) is 9.18 Å². The summed E-state index contributed by atoms with van der Waals surface area (Å²) in [6, 6.07) is 5.82. The van der Waals surface area contributed by atoms with Crippen LogP contribution in [0, 0.1) is 5.82 Å². The highest BCUT2D eigenvalue weighted by molar-refractivity contribution is 6.30. The van der Waals surface area contributed by atoms with E-state index in [-0.39, 0.29) is 10.6 Å². The van der Waals surface area contributed by atoms with Gasteiger partial charge in [0, 0.05) is 17.6 Å². The van der Waals surface area contributed by atoms with Gasteiger partial charge < -0.3 is 9.67 Å². The predicted molar refractivity (Wildman–Crippen MR) is 67.1 cm³/mol. The van der Waals surface area contributed by atoms with Crippen molar-refractivity contribution in [2.24, 2.45) is 0 Å². The Hall–Kier alpha value is -1.81. The lowest BCUT2D eigenvalue weighted by Crippen LogP contribution is -2.04. The van der Waals surface area contributed by atoms with Crippen molar-refractivity contribution in [3.05, 3.63) is 52.6 Å². The minimum atomic E-state index is -0.973. The number of halogens is 2. The van der Waals surface area contributed by atoms with Crippen LogP contribution >= 0.6 is 11.6 Å². The smallest absolute Gasteiger partial charge is 0.337 e. The average Bonchev–Trinajstić information content (AvgIpc) is 2.76. The molecule has 0 fully saturated rings. The third-order valence-corrected chi connectivity index (χ3v) is 3.03. The molecule has 1 heterocycles. The Bertz CT molecular complexity index is 607. The molecule has 5 heteroatoms. The fourth-order valence-corrected chi connectivity index (χ4v) is 2.07. The van der Waals surface area contributed by atoms with Crippen LogP contribution in [0.5, 0.6) is 0 Å². The van der Waals surface area contributed by atoms with E-state index in [1.807, 2.05) is 6.92 Å².